The highest BCUT2D eigenvalue weighted by Crippen LogP contribution is 2.32. The molecule has 0 N–H and O–H groups in total. The zero-order chi connectivity index (χ0) is 18.0. The number of piperidine rings is 1. The summed E-state index contributed by atoms with van der Waals surface area (Å²) in [6.45, 7) is 8.53. The van der Waals surface area contributed by atoms with Crippen LogP contribution in [0.5, 0.6) is 0 Å². The van der Waals surface area contributed by atoms with Gasteiger partial charge in [-0.25, -0.2) is 0 Å². The smallest absolute Gasteiger partial charge is 0.239 e. The minimum atomic E-state index is -0.374. The van der Waals surface area contributed by atoms with E-state index in [2.05, 4.69) is 34.1 Å². The van der Waals surface area contributed by atoms with E-state index >= 15 is 0 Å². The minimum absolute atomic E-state index is 0.0722. The third kappa shape index (κ3) is 3.59. The van der Waals surface area contributed by atoms with Crippen molar-refractivity contribution >= 4 is 11.6 Å². The topological polar surface area (TPSA) is 45.3 Å². The fraction of sp³-hybridized carbons (Fsp3) is 0.650. The average Bonchev–Trinajstić information content (AvgIpc) is 3.16. The molecule has 1 spiro atoms. The second-order valence-electron chi connectivity index (χ2n) is 7.47. The van der Waals surface area contributed by atoms with Gasteiger partial charge in [0.05, 0.1) is 19.3 Å². The van der Waals surface area contributed by atoms with Gasteiger partial charge in [-0.05, 0) is 19.1 Å². The first kappa shape index (κ1) is 17.8. The number of hydrogen-bond acceptors (Lipinski definition) is 5. The number of carbonyl (C=O) groups excluding carboxylic acids is 1. The summed E-state index contributed by atoms with van der Waals surface area (Å²) in [5.41, 5.74) is 1.24. The van der Waals surface area contributed by atoms with Crippen LogP contribution in [0.15, 0.2) is 30.3 Å². The third-order valence-corrected chi connectivity index (χ3v) is 5.99. The number of amides is 1. The highest BCUT2D eigenvalue weighted by molar-refractivity contribution is 5.81. The fourth-order valence-corrected chi connectivity index (χ4v) is 4.28. The number of likely N-dealkylation sites (tertiary alicyclic amines) is 1. The van der Waals surface area contributed by atoms with Gasteiger partial charge in [0, 0.05) is 57.8 Å². The lowest BCUT2D eigenvalue weighted by atomic mass is 10.0. The zero-order valence-electron chi connectivity index (χ0n) is 15.6. The largest absolute Gasteiger partial charge is 0.368 e. The molecule has 0 radical (unpaired) electrons. The van der Waals surface area contributed by atoms with Gasteiger partial charge in [0.1, 0.15) is 0 Å². The number of para-hydroxylation sites is 1. The van der Waals surface area contributed by atoms with Gasteiger partial charge in [0.2, 0.25) is 5.91 Å². The molecule has 1 aromatic rings. The number of ether oxygens (including phenoxy) is 2. The van der Waals surface area contributed by atoms with E-state index < -0.39 is 0 Å². The highest BCUT2D eigenvalue weighted by atomic mass is 16.7. The Bertz CT molecular complexity index is 600. The maximum absolute atomic E-state index is 13.0. The number of carbonyl (C=O) groups is 1. The van der Waals surface area contributed by atoms with Gasteiger partial charge >= 0.3 is 0 Å². The molecule has 6 heteroatoms. The van der Waals surface area contributed by atoms with Crippen LogP contribution >= 0.6 is 0 Å². The molecule has 0 bridgehead atoms. The van der Waals surface area contributed by atoms with E-state index in [-0.39, 0.29) is 17.7 Å². The lowest BCUT2D eigenvalue weighted by molar-refractivity contribution is -0.189. The zero-order valence-corrected chi connectivity index (χ0v) is 15.6. The second kappa shape index (κ2) is 7.55. The Hall–Kier alpha value is -1.63. The Morgan fingerprint density at radius 2 is 1.58 bits per heavy atom. The molecule has 3 heterocycles. The van der Waals surface area contributed by atoms with Crippen LogP contribution in [0.1, 0.15) is 19.8 Å². The predicted octanol–water partition coefficient (Wildman–Crippen LogP) is 1.56. The first-order chi connectivity index (χ1) is 12.7. The number of benzene rings is 1. The van der Waals surface area contributed by atoms with Crippen molar-refractivity contribution in [3.8, 4) is 0 Å². The van der Waals surface area contributed by atoms with Gasteiger partial charge in [-0.15, -0.1) is 0 Å². The standard InChI is InChI=1S/C20H29N3O3/c1-17(21-9-7-20(8-10-21)25-15-16-26-20)19(24)23-13-11-22(12-14-23)18-5-3-2-4-6-18/h2-6,17H,7-16H2,1H3. The third-order valence-electron chi connectivity index (χ3n) is 5.99. The lowest BCUT2D eigenvalue weighted by Crippen LogP contribution is -2.56. The summed E-state index contributed by atoms with van der Waals surface area (Å²) in [4.78, 5) is 19.6. The van der Waals surface area contributed by atoms with E-state index in [1.165, 1.54) is 5.69 Å². The summed E-state index contributed by atoms with van der Waals surface area (Å²) < 4.78 is 11.6. The molecule has 26 heavy (non-hydrogen) atoms. The molecule has 1 atom stereocenters. The van der Waals surface area contributed by atoms with Gasteiger partial charge in [0.25, 0.3) is 0 Å². The normalized spacial score (nSPS) is 24.8. The monoisotopic (exact) mass is 359 g/mol. The molecule has 3 aliphatic rings. The molecule has 1 amide bonds. The summed E-state index contributed by atoms with van der Waals surface area (Å²) in [5.74, 6) is -0.123. The molecule has 0 aromatic heterocycles. The molecule has 6 nitrogen and oxygen atoms in total. The van der Waals surface area contributed by atoms with Crippen molar-refractivity contribution in [1.29, 1.82) is 0 Å². The first-order valence-corrected chi connectivity index (χ1v) is 9.78. The Balaban J connectivity index is 1.28. The van der Waals surface area contributed by atoms with E-state index in [1.54, 1.807) is 0 Å². The quantitative estimate of drug-likeness (QED) is 0.820. The maximum atomic E-state index is 13.0. The van der Waals surface area contributed by atoms with E-state index in [0.29, 0.717) is 13.2 Å². The van der Waals surface area contributed by atoms with Crippen LogP contribution in [0.25, 0.3) is 0 Å². The summed E-state index contributed by atoms with van der Waals surface area (Å²) in [6, 6.07) is 10.4. The van der Waals surface area contributed by atoms with Crippen LogP contribution in [0.2, 0.25) is 0 Å². The van der Waals surface area contributed by atoms with Crippen LogP contribution in [0, 0.1) is 0 Å². The number of nitrogens with zero attached hydrogens (tertiary/aromatic N) is 3. The molecular formula is C20H29N3O3. The van der Waals surface area contributed by atoms with Crippen LogP contribution in [0.3, 0.4) is 0 Å². The number of rotatable bonds is 3. The SMILES string of the molecule is CC(C(=O)N1CCN(c2ccccc2)CC1)N1CCC2(CC1)OCCO2. The molecule has 1 aromatic carbocycles. The Morgan fingerprint density at radius 1 is 0.962 bits per heavy atom. The van der Waals surface area contributed by atoms with Gasteiger partial charge in [-0.2, -0.15) is 0 Å². The van der Waals surface area contributed by atoms with Crippen LogP contribution in [0.4, 0.5) is 5.69 Å². The average molecular weight is 359 g/mol. The summed E-state index contributed by atoms with van der Waals surface area (Å²) in [7, 11) is 0. The molecule has 0 aliphatic carbocycles. The van der Waals surface area contributed by atoms with Gasteiger partial charge < -0.3 is 19.3 Å². The molecule has 3 fully saturated rings. The Kier molecular flexibility index (Phi) is 5.16. The lowest BCUT2D eigenvalue weighted by Gasteiger charge is -2.42. The summed E-state index contributed by atoms with van der Waals surface area (Å²) in [6.07, 6.45) is 1.71. The van der Waals surface area contributed by atoms with Gasteiger partial charge in [-0.1, -0.05) is 18.2 Å². The molecular weight excluding hydrogens is 330 g/mol. The molecule has 4 rings (SSSR count). The van der Waals surface area contributed by atoms with Gasteiger partial charge in [-0.3, -0.25) is 9.69 Å². The van der Waals surface area contributed by atoms with Crippen molar-refractivity contribution in [2.45, 2.75) is 31.6 Å². The molecule has 0 saturated carbocycles. The maximum Gasteiger partial charge on any atom is 0.239 e. The minimum Gasteiger partial charge on any atom is -0.368 e. The molecule has 3 aliphatic heterocycles. The van der Waals surface area contributed by atoms with Crippen molar-refractivity contribution in [1.82, 2.24) is 9.80 Å². The van der Waals surface area contributed by atoms with Crippen LogP contribution in [-0.4, -0.2) is 80.0 Å². The Morgan fingerprint density at radius 3 is 2.19 bits per heavy atom. The molecule has 142 valence electrons. The first-order valence-electron chi connectivity index (χ1n) is 9.78. The van der Waals surface area contributed by atoms with E-state index in [1.807, 2.05) is 17.9 Å². The summed E-state index contributed by atoms with van der Waals surface area (Å²) in [5, 5.41) is 0. The van der Waals surface area contributed by atoms with Crippen LogP contribution in [-0.2, 0) is 14.3 Å². The molecule has 3 saturated heterocycles. The van der Waals surface area contributed by atoms with Crippen molar-refractivity contribution < 1.29 is 14.3 Å². The van der Waals surface area contributed by atoms with Gasteiger partial charge in [0.15, 0.2) is 5.79 Å². The Labute approximate surface area is 155 Å². The summed E-state index contributed by atoms with van der Waals surface area (Å²) >= 11 is 0. The van der Waals surface area contributed by atoms with E-state index in [9.17, 15) is 4.79 Å². The van der Waals surface area contributed by atoms with Crippen molar-refractivity contribution in [2.24, 2.45) is 0 Å². The second-order valence-corrected chi connectivity index (χ2v) is 7.47. The van der Waals surface area contributed by atoms with Crippen molar-refractivity contribution in [3.05, 3.63) is 30.3 Å². The van der Waals surface area contributed by atoms with E-state index in [0.717, 1.165) is 52.1 Å². The van der Waals surface area contributed by atoms with Crippen molar-refractivity contribution in [2.75, 3.05) is 57.4 Å². The fourth-order valence-electron chi connectivity index (χ4n) is 4.28. The van der Waals surface area contributed by atoms with Crippen LogP contribution < -0.4 is 4.90 Å². The number of piperazine rings is 1. The van der Waals surface area contributed by atoms with E-state index in [4.69, 9.17) is 9.47 Å². The predicted molar refractivity (Wildman–Crippen MR) is 100 cm³/mol. The van der Waals surface area contributed by atoms with Crippen molar-refractivity contribution in [3.63, 3.8) is 0 Å². The molecule has 1 unspecified atom stereocenters. The number of hydrogen-bond donors (Lipinski definition) is 0. The highest BCUT2D eigenvalue weighted by Gasteiger charge is 2.41. The number of anilines is 1.